The fourth-order valence-corrected chi connectivity index (χ4v) is 1.20. The van der Waals surface area contributed by atoms with Crippen LogP contribution >= 0.6 is 0 Å². The minimum Gasteiger partial charge on any atom is -0.414 e. The van der Waals surface area contributed by atoms with E-state index < -0.39 is 20.5 Å². The lowest BCUT2D eigenvalue weighted by Gasteiger charge is -2.09. The average Bonchev–Trinajstić information content (AvgIpc) is 1.14. The molecule has 0 bridgehead atoms. The van der Waals surface area contributed by atoms with Crippen LogP contribution in [-0.4, -0.2) is 18.5 Å². The molecular weight excluding hydrogens is 176 g/mol. The van der Waals surface area contributed by atoms with Crippen molar-refractivity contribution in [3.63, 3.8) is 0 Å². The molecule has 0 radical (unpaired) electrons. The van der Waals surface area contributed by atoms with Gasteiger partial charge in [0, 0.05) is 0 Å². The van der Waals surface area contributed by atoms with Crippen molar-refractivity contribution >= 4 is 26.4 Å². The van der Waals surface area contributed by atoms with E-state index >= 15 is 0 Å². The Bertz CT molecular complexity index is 245. The summed E-state index contributed by atoms with van der Waals surface area (Å²) in [5, 5.41) is 0. The van der Waals surface area contributed by atoms with Gasteiger partial charge in [0.2, 0.25) is 10.4 Å². The molecule has 1 unspecified atom stereocenters. The third-order valence-corrected chi connectivity index (χ3v) is 1.80. The maximum absolute atomic E-state index is 11.5. The van der Waals surface area contributed by atoms with E-state index in [1.54, 1.807) is 4.13 Å². The van der Waals surface area contributed by atoms with E-state index in [2.05, 4.69) is 5.87 Å². The quantitative estimate of drug-likeness (QED) is 0.444. The minimum absolute atomic E-state index is 1.60. The standard InChI is InChI=1S/CH2F2NO3S2/c1-8(2,5)4-9(3,6)7/h1H2/q-1. The first kappa shape index (κ1) is 8.79. The van der Waals surface area contributed by atoms with E-state index in [4.69, 9.17) is 0 Å². The molecule has 0 aromatic rings. The van der Waals surface area contributed by atoms with Gasteiger partial charge in [-0.05, 0) is 5.87 Å². The summed E-state index contributed by atoms with van der Waals surface area (Å²) in [5.41, 5.74) is 0. The van der Waals surface area contributed by atoms with Gasteiger partial charge < -0.3 is 4.13 Å². The summed E-state index contributed by atoms with van der Waals surface area (Å²) in [5.74, 6) is 2.13. The lowest BCUT2D eigenvalue weighted by Crippen LogP contribution is -1.94. The maximum atomic E-state index is 11.5. The molecule has 4 nitrogen and oxygen atoms in total. The van der Waals surface area contributed by atoms with Crippen molar-refractivity contribution in [1.82, 2.24) is 0 Å². The highest BCUT2D eigenvalue weighted by Gasteiger charge is 1.95. The second kappa shape index (κ2) is 2.20. The zero-order valence-electron chi connectivity index (χ0n) is 3.95. The Morgan fingerprint density at radius 3 is 1.56 bits per heavy atom. The second-order valence-electron chi connectivity index (χ2n) is 1.05. The van der Waals surface area contributed by atoms with Crippen LogP contribution < -0.4 is 0 Å². The average molecular weight is 178 g/mol. The van der Waals surface area contributed by atoms with E-state index in [1.807, 2.05) is 0 Å². The maximum Gasteiger partial charge on any atom is 0.239 e. The van der Waals surface area contributed by atoms with Gasteiger partial charge in [0.1, 0.15) is 0 Å². The van der Waals surface area contributed by atoms with Gasteiger partial charge >= 0.3 is 0 Å². The highest BCUT2D eigenvalue weighted by molar-refractivity contribution is 8.12. The van der Waals surface area contributed by atoms with Gasteiger partial charge in [0.15, 0.2) is 0 Å². The fraction of sp³-hybridized carbons (Fsp3) is 0. The lowest BCUT2D eigenvalue weighted by atomic mass is 12.0. The summed E-state index contributed by atoms with van der Waals surface area (Å²) in [4.78, 5) is 0. The molecule has 0 fully saturated rings. The van der Waals surface area contributed by atoms with Crippen LogP contribution in [0, 0.1) is 0 Å². The topological polar surface area (TPSA) is 65.3 Å². The Hall–Kier alpha value is -0.210. The molecule has 0 spiro atoms. The highest BCUT2D eigenvalue weighted by Crippen LogP contribution is 2.11. The van der Waals surface area contributed by atoms with Crippen LogP contribution in [-0.2, 0) is 20.5 Å². The van der Waals surface area contributed by atoms with Crippen molar-refractivity contribution in [3.8, 4) is 0 Å². The highest BCUT2D eigenvalue weighted by atomic mass is 32.3. The first-order valence-corrected chi connectivity index (χ1v) is 4.39. The molecular formula is CH2F2NO3S2-. The Morgan fingerprint density at radius 2 is 1.56 bits per heavy atom. The molecule has 0 aromatic carbocycles. The largest absolute Gasteiger partial charge is 0.414 e. The second-order valence-corrected chi connectivity index (χ2v) is 3.59. The number of hydrogen-bond donors (Lipinski definition) is 0. The molecule has 0 rings (SSSR count). The molecule has 8 heteroatoms. The van der Waals surface area contributed by atoms with Crippen LogP contribution in [0.2, 0.25) is 0 Å². The normalized spacial score (nSPS) is 18.9. The summed E-state index contributed by atoms with van der Waals surface area (Å²) in [6, 6.07) is 0. The van der Waals surface area contributed by atoms with Gasteiger partial charge in [0.25, 0.3) is 0 Å². The van der Waals surface area contributed by atoms with E-state index in [9.17, 15) is 20.4 Å². The summed E-state index contributed by atoms with van der Waals surface area (Å²) in [6.45, 7) is 0. The van der Waals surface area contributed by atoms with Crippen LogP contribution in [0.3, 0.4) is 0 Å². The smallest absolute Gasteiger partial charge is 0.239 e. The van der Waals surface area contributed by atoms with Gasteiger partial charge in [-0.25, -0.2) is 8.42 Å². The zero-order chi connectivity index (χ0) is 7.71. The first-order chi connectivity index (χ1) is 3.71. The number of halogens is 2. The van der Waals surface area contributed by atoms with Gasteiger partial charge in [0.05, 0.1) is 10.1 Å². The molecule has 0 aliphatic rings. The summed E-state index contributed by atoms with van der Waals surface area (Å²) >= 11 is 0. The molecule has 0 saturated carbocycles. The summed E-state index contributed by atoms with van der Waals surface area (Å²) in [6.07, 6.45) is 0. The number of nitrogens with zero attached hydrogens (tertiary/aromatic N) is 1. The third-order valence-electron chi connectivity index (χ3n) is 0.200. The molecule has 0 N–H and O–H groups in total. The fourth-order valence-electron chi connectivity index (χ4n) is 0.133. The number of hydrogen-bond acceptors (Lipinski definition) is 3. The van der Waals surface area contributed by atoms with Crippen molar-refractivity contribution < 1.29 is 20.4 Å². The summed E-state index contributed by atoms with van der Waals surface area (Å²) in [7, 11) is -9.99. The van der Waals surface area contributed by atoms with Gasteiger partial charge in [-0.3, -0.25) is 4.21 Å². The van der Waals surface area contributed by atoms with Crippen LogP contribution in [0.25, 0.3) is 4.13 Å². The van der Waals surface area contributed by atoms with Gasteiger partial charge in [-0.1, -0.05) is 0 Å². The van der Waals surface area contributed by atoms with Gasteiger partial charge in [-0.15, -0.1) is 3.89 Å². The Kier molecular flexibility index (Phi) is 2.14. The molecule has 9 heavy (non-hydrogen) atoms. The molecule has 0 aliphatic carbocycles. The SMILES string of the molecule is C=S(=O)(F)[N-]S(=O)(=O)F. The van der Waals surface area contributed by atoms with Gasteiger partial charge in [-0.2, -0.15) is 3.89 Å². The van der Waals surface area contributed by atoms with Crippen molar-refractivity contribution in [1.29, 1.82) is 0 Å². The van der Waals surface area contributed by atoms with Crippen molar-refractivity contribution in [2.45, 2.75) is 0 Å². The molecule has 0 amide bonds. The van der Waals surface area contributed by atoms with Crippen LogP contribution in [0.5, 0.6) is 0 Å². The molecule has 0 aromatic heterocycles. The lowest BCUT2D eigenvalue weighted by molar-refractivity contribution is 0.561. The Morgan fingerprint density at radius 1 is 1.22 bits per heavy atom. The van der Waals surface area contributed by atoms with Crippen LogP contribution in [0.15, 0.2) is 0 Å². The molecule has 1 atom stereocenters. The van der Waals surface area contributed by atoms with E-state index in [-0.39, 0.29) is 0 Å². The summed E-state index contributed by atoms with van der Waals surface area (Å²) < 4.78 is 52.7. The molecule has 56 valence electrons. The van der Waals surface area contributed by atoms with Crippen molar-refractivity contribution in [2.24, 2.45) is 0 Å². The van der Waals surface area contributed by atoms with E-state index in [0.29, 0.717) is 0 Å². The zero-order valence-corrected chi connectivity index (χ0v) is 5.58. The van der Waals surface area contributed by atoms with E-state index in [1.165, 1.54) is 0 Å². The first-order valence-electron chi connectivity index (χ1n) is 1.46. The van der Waals surface area contributed by atoms with Crippen molar-refractivity contribution in [3.05, 3.63) is 4.13 Å². The van der Waals surface area contributed by atoms with Crippen LogP contribution in [0.4, 0.5) is 7.77 Å². The molecule has 0 saturated heterocycles. The Labute approximate surface area is 51.7 Å². The Balaban J connectivity index is 4.46. The van der Waals surface area contributed by atoms with E-state index in [0.717, 1.165) is 0 Å². The van der Waals surface area contributed by atoms with Crippen molar-refractivity contribution in [2.75, 3.05) is 0 Å². The van der Waals surface area contributed by atoms with Crippen LogP contribution in [0.1, 0.15) is 0 Å². The predicted octanol–water partition coefficient (Wildman–Crippen LogP) is 0.0903. The monoisotopic (exact) mass is 178 g/mol. The predicted molar refractivity (Wildman–Crippen MR) is 29.8 cm³/mol. The molecule has 0 aliphatic heterocycles. The number of rotatable bonds is 2. The third kappa shape index (κ3) is 7.79. The molecule has 0 heterocycles. The minimum atomic E-state index is -5.37.